The van der Waals surface area contributed by atoms with E-state index < -0.39 is 6.61 Å². The molecule has 1 aromatic rings. The Morgan fingerprint density at radius 2 is 2.00 bits per heavy atom. The van der Waals surface area contributed by atoms with Gasteiger partial charge >= 0.3 is 6.61 Å². The molecule has 1 aliphatic carbocycles. The number of nitrogens with zero attached hydrogens (tertiary/aromatic N) is 1. The van der Waals surface area contributed by atoms with Crippen molar-refractivity contribution in [3.05, 3.63) is 35.9 Å². The summed E-state index contributed by atoms with van der Waals surface area (Å²) in [6.07, 6.45) is 6.19. The van der Waals surface area contributed by atoms with Gasteiger partial charge in [-0.05, 0) is 30.5 Å². The number of hydrogen-bond donors (Lipinski definition) is 2. The van der Waals surface area contributed by atoms with Crippen molar-refractivity contribution in [1.82, 2.24) is 10.6 Å². The number of ether oxygens (including phenoxy) is 2. The average Bonchev–Trinajstić information content (AvgIpc) is 3.04. The SMILES string of the molecule is CN=C(NCc1ccc(OC)c(OC(F)F)c1)NC1CC=CC1.I. The van der Waals surface area contributed by atoms with E-state index in [2.05, 4.69) is 32.5 Å². The van der Waals surface area contributed by atoms with Crippen LogP contribution in [0.1, 0.15) is 18.4 Å². The Morgan fingerprint density at radius 1 is 1.29 bits per heavy atom. The second kappa shape index (κ2) is 10.3. The van der Waals surface area contributed by atoms with Gasteiger partial charge in [0.2, 0.25) is 0 Å². The van der Waals surface area contributed by atoms with Gasteiger partial charge in [0, 0.05) is 19.6 Å². The lowest BCUT2D eigenvalue weighted by Crippen LogP contribution is -2.42. The van der Waals surface area contributed by atoms with E-state index in [1.165, 1.54) is 13.2 Å². The average molecular weight is 453 g/mol. The molecular formula is C16H22F2IN3O2. The summed E-state index contributed by atoms with van der Waals surface area (Å²) in [6, 6.07) is 5.26. The lowest BCUT2D eigenvalue weighted by molar-refractivity contribution is -0.0512. The Morgan fingerprint density at radius 3 is 2.58 bits per heavy atom. The minimum atomic E-state index is -2.89. The molecule has 0 atom stereocenters. The number of methoxy groups -OCH3 is 1. The van der Waals surface area contributed by atoms with Crippen molar-refractivity contribution in [2.24, 2.45) is 4.99 Å². The standard InChI is InChI=1S/C16H21F2N3O2.HI/c1-19-16(21-12-5-3-4-6-12)20-10-11-7-8-13(22-2)14(9-11)23-15(17)18;/h3-4,7-9,12,15H,5-6,10H2,1-2H3,(H2,19,20,21);1H. The molecule has 1 aromatic carbocycles. The van der Waals surface area contributed by atoms with Crippen molar-refractivity contribution in [3.63, 3.8) is 0 Å². The Bertz CT molecular complexity index is 574. The lowest BCUT2D eigenvalue weighted by Gasteiger charge is -2.17. The first-order chi connectivity index (χ1) is 11.1. The molecule has 2 rings (SSSR count). The van der Waals surface area contributed by atoms with Gasteiger partial charge in [0.05, 0.1) is 7.11 Å². The minimum Gasteiger partial charge on any atom is -0.493 e. The van der Waals surface area contributed by atoms with Crippen LogP contribution >= 0.6 is 24.0 Å². The zero-order chi connectivity index (χ0) is 16.7. The highest BCUT2D eigenvalue weighted by Gasteiger charge is 2.13. The van der Waals surface area contributed by atoms with Gasteiger partial charge in [-0.3, -0.25) is 4.99 Å². The van der Waals surface area contributed by atoms with Crippen LogP contribution in [0.3, 0.4) is 0 Å². The van der Waals surface area contributed by atoms with Gasteiger partial charge in [0.25, 0.3) is 0 Å². The maximum absolute atomic E-state index is 12.4. The predicted octanol–water partition coefficient (Wildman–Crippen LogP) is 3.30. The van der Waals surface area contributed by atoms with E-state index in [0.717, 1.165) is 18.4 Å². The quantitative estimate of drug-likeness (QED) is 0.301. The van der Waals surface area contributed by atoms with Gasteiger partial charge in [0.1, 0.15) is 0 Å². The molecule has 1 aliphatic rings. The monoisotopic (exact) mass is 453 g/mol. The van der Waals surface area contributed by atoms with Crippen LogP contribution in [-0.2, 0) is 6.54 Å². The van der Waals surface area contributed by atoms with E-state index in [0.29, 0.717) is 18.5 Å². The predicted molar refractivity (Wildman–Crippen MR) is 101 cm³/mol. The molecule has 0 radical (unpaired) electrons. The Labute approximate surface area is 157 Å². The van der Waals surface area contributed by atoms with Crippen molar-refractivity contribution >= 4 is 29.9 Å². The molecule has 0 spiro atoms. The zero-order valence-electron chi connectivity index (χ0n) is 13.6. The molecule has 0 unspecified atom stereocenters. The topological polar surface area (TPSA) is 54.9 Å². The van der Waals surface area contributed by atoms with Crippen LogP contribution < -0.4 is 20.1 Å². The Balaban J connectivity index is 0.00000288. The highest BCUT2D eigenvalue weighted by molar-refractivity contribution is 14.0. The van der Waals surface area contributed by atoms with Crippen LogP contribution in [0.15, 0.2) is 35.3 Å². The number of guanidine groups is 1. The first-order valence-corrected chi connectivity index (χ1v) is 7.36. The molecule has 0 heterocycles. The van der Waals surface area contributed by atoms with Gasteiger partial charge < -0.3 is 20.1 Å². The minimum absolute atomic E-state index is 0. The fourth-order valence-corrected chi connectivity index (χ4v) is 2.33. The van der Waals surface area contributed by atoms with Gasteiger partial charge in [-0.25, -0.2) is 0 Å². The van der Waals surface area contributed by atoms with Crippen molar-refractivity contribution in [2.75, 3.05) is 14.2 Å². The highest BCUT2D eigenvalue weighted by Crippen LogP contribution is 2.29. The van der Waals surface area contributed by atoms with E-state index in [-0.39, 0.29) is 35.5 Å². The molecule has 24 heavy (non-hydrogen) atoms. The van der Waals surface area contributed by atoms with E-state index in [1.54, 1.807) is 19.2 Å². The molecule has 2 N–H and O–H groups in total. The van der Waals surface area contributed by atoms with Gasteiger partial charge in [-0.1, -0.05) is 18.2 Å². The van der Waals surface area contributed by atoms with Crippen molar-refractivity contribution in [3.8, 4) is 11.5 Å². The third-order valence-electron chi connectivity index (χ3n) is 3.48. The van der Waals surface area contributed by atoms with E-state index >= 15 is 0 Å². The third-order valence-corrected chi connectivity index (χ3v) is 3.48. The number of hydrogen-bond acceptors (Lipinski definition) is 3. The molecule has 0 amide bonds. The normalized spacial score (nSPS) is 14.5. The molecule has 5 nitrogen and oxygen atoms in total. The van der Waals surface area contributed by atoms with Crippen molar-refractivity contribution in [2.45, 2.75) is 32.0 Å². The largest absolute Gasteiger partial charge is 0.493 e. The van der Waals surface area contributed by atoms with Gasteiger partial charge in [-0.2, -0.15) is 8.78 Å². The second-order valence-electron chi connectivity index (χ2n) is 5.07. The highest BCUT2D eigenvalue weighted by atomic mass is 127. The second-order valence-corrected chi connectivity index (χ2v) is 5.07. The fraction of sp³-hybridized carbons (Fsp3) is 0.438. The van der Waals surface area contributed by atoms with Gasteiger partial charge in [0.15, 0.2) is 17.5 Å². The van der Waals surface area contributed by atoms with Crippen LogP contribution in [0, 0.1) is 0 Å². The molecule has 0 saturated heterocycles. The molecule has 0 aliphatic heterocycles. The fourth-order valence-electron chi connectivity index (χ4n) is 2.33. The Kier molecular flexibility index (Phi) is 8.80. The number of alkyl halides is 2. The van der Waals surface area contributed by atoms with E-state index in [4.69, 9.17) is 4.74 Å². The number of rotatable bonds is 6. The first kappa shape index (κ1) is 20.5. The molecular weight excluding hydrogens is 431 g/mol. The summed E-state index contributed by atoms with van der Waals surface area (Å²) in [6.45, 7) is -2.46. The summed E-state index contributed by atoms with van der Waals surface area (Å²) < 4.78 is 34.4. The summed E-state index contributed by atoms with van der Waals surface area (Å²) in [5.74, 6) is 0.962. The van der Waals surface area contributed by atoms with Gasteiger partial charge in [-0.15, -0.1) is 24.0 Å². The maximum Gasteiger partial charge on any atom is 0.387 e. The number of nitrogens with one attached hydrogen (secondary N) is 2. The lowest BCUT2D eigenvalue weighted by atomic mass is 10.2. The smallest absolute Gasteiger partial charge is 0.387 e. The van der Waals surface area contributed by atoms with Crippen LogP contribution in [0.25, 0.3) is 0 Å². The van der Waals surface area contributed by atoms with Crippen molar-refractivity contribution < 1.29 is 18.3 Å². The zero-order valence-corrected chi connectivity index (χ0v) is 15.9. The number of aliphatic imine (C=N–C) groups is 1. The third kappa shape index (κ3) is 6.14. The van der Waals surface area contributed by atoms with Crippen LogP contribution in [-0.4, -0.2) is 32.8 Å². The molecule has 0 aromatic heterocycles. The molecule has 0 bridgehead atoms. The summed E-state index contributed by atoms with van der Waals surface area (Å²) in [4.78, 5) is 4.16. The number of benzene rings is 1. The summed E-state index contributed by atoms with van der Waals surface area (Å²) >= 11 is 0. The summed E-state index contributed by atoms with van der Waals surface area (Å²) in [5, 5.41) is 6.46. The molecule has 134 valence electrons. The van der Waals surface area contributed by atoms with E-state index in [1.807, 2.05) is 0 Å². The maximum atomic E-state index is 12.4. The Hall–Kier alpha value is -1.58. The molecule has 0 saturated carbocycles. The molecule has 8 heteroatoms. The van der Waals surface area contributed by atoms with Crippen LogP contribution in [0.5, 0.6) is 11.5 Å². The summed E-state index contributed by atoms with van der Waals surface area (Å²) in [5.41, 5.74) is 0.786. The summed E-state index contributed by atoms with van der Waals surface area (Å²) in [7, 11) is 3.10. The molecule has 0 fully saturated rings. The number of halogens is 3. The van der Waals surface area contributed by atoms with Crippen molar-refractivity contribution in [1.29, 1.82) is 0 Å². The van der Waals surface area contributed by atoms with Crippen LogP contribution in [0.4, 0.5) is 8.78 Å². The first-order valence-electron chi connectivity index (χ1n) is 7.36. The van der Waals surface area contributed by atoms with E-state index in [9.17, 15) is 8.78 Å². The van der Waals surface area contributed by atoms with Crippen LogP contribution in [0.2, 0.25) is 0 Å².